The summed E-state index contributed by atoms with van der Waals surface area (Å²) in [7, 11) is 0. The van der Waals surface area contributed by atoms with Crippen LogP contribution < -0.4 is 10.1 Å². The molecule has 0 saturated carbocycles. The molecule has 1 heterocycles. The van der Waals surface area contributed by atoms with Crippen LogP contribution in [0.5, 0.6) is 5.75 Å². The number of anilines is 1. The summed E-state index contributed by atoms with van der Waals surface area (Å²) in [6, 6.07) is 14.9. The van der Waals surface area contributed by atoms with Gasteiger partial charge in [-0.1, -0.05) is 30.3 Å². The van der Waals surface area contributed by atoms with Gasteiger partial charge in [-0.05, 0) is 30.7 Å². The summed E-state index contributed by atoms with van der Waals surface area (Å²) >= 11 is 0. The van der Waals surface area contributed by atoms with Crippen LogP contribution in [0.3, 0.4) is 0 Å². The third-order valence-electron chi connectivity index (χ3n) is 3.35. The fraction of sp³-hybridized carbons (Fsp3) is 0.235. The number of hydrogen-bond acceptors (Lipinski definition) is 3. The van der Waals surface area contributed by atoms with Gasteiger partial charge in [0.25, 0.3) is 5.91 Å². The molecule has 0 radical (unpaired) electrons. The van der Waals surface area contributed by atoms with Crippen molar-refractivity contribution in [1.82, 2.24) is 0 Å². The Kier molecular flexibility index (Phi) is 3.88. The lowest BCUT2D eigenvalue weighted by Crippen LogP contribution is -2.14. The van der Waals surface area contributed by atoms with Gasteiger partial charge in [0.05, 0.1) is 12.3 Å². The summed E-state index contributed by atoms with van der Waals surface area (Å²) in [4.78, 5) is 12.3. The standard InChI is InChI=1S/C17H17NO3/c1-12-6-2-3-7-14(12)17(19)18-15-8-4-5-9-16(15)21-11-13-10-20-13/h2-9,13H,10-11H2,1H3,(H,18,19). The van der Waals surface area contributed by atoms with Crippen LogP contribution in [-0.4, -0.2) is 25.2 Å². The molecule has 21 heavy (non-hydrogen) atoms. The Balaban J connectivity index is 1.74. The second-order valence-electron chi connectivity index (χ2n) is 5.03. The predicted octanol–water partition coefficient (Wildman–Crippen LogP) is 3.02. The van der Waals surface area contributed by atoms with Crippen LogP contribution >= 0.6 is 0 Å². The molecular formula is C17H17NO3. The van der Waals surface area contributed by atoms with E-state index in [2.05, 4.69) is 5.32 Å². The maximum Gasteiger partial charge on any atom is 0.256 e. The Morgan fingerprint density at radius 2 is 1.95 bits per heavy atom. The highest BCUT2D eigenvalue weighted by molar-refractivity contribution is 6.05. The van der Waals surface area contributed by atoms with Gasteiger partial charge in [0.1, 0.15) is 18.5 Å². The van der Waals surface area contributed by atoms with E-state index < -0.39 is 0 Å². The van der Waals surface area contributed by atoms with Crippen molar-refractivity contribution in [3.05, 3.63) is 59.7 Å². The molecule has 1 atom stereocenters. The fourth-order valence-electron chi connectivity index (χ4n) is 2.06. The number of aryl methyl sites for hydroxylation is 1. The maximum absolute atomic E-state index is 12.3. The van der Waals surface area contributed by atoms with Gasteiger partial charge < -0.3 is 14.8 Å². The molecule has 1 saturated heterocycles. The van der Waals surface area contributed by atoms with Crippen molar-refractivity contribution in [3.63, 3.8) is 0 Å². The first-order chi connectivity index (χ1) is 10.2. The first-order valence-electron chi connectivity index (χ1n) is 6.94. The molecule has 3 rings (SSSR count). The van der Waals surface area contributed by atoms with E-state index in [4.69, 9.17) is 9.47 Å². The van der Waals surface area contributed by atoms with Gasteiger partial charge in [-0.25, -0.2) is 0 Å². The smallest absolute Gasteiger partial charge is 0.256 e. The molecule has 1 fully saturated rings. The SMILES string of the molecule is Cc1ccccc1C(=O)Nc1ccccc1OCC1CO1. The number of benzene rings is 2. The molecule has 2 aromatic carbocycles. The molecule has 1 N–H and O–H groups in total. The van der Waals surface area contributed by atoms with Crippen LogP contribution in [-0.2, 0) is 4.74 Å². The minimum Gasteiger partial charge on any atom is -0.489 e. The van der Waals surface area contributed by atoms with E-state index in [9.17, 15) is 4.79 Å². The Bertz CT molecular complexity index is 650. The van der Waals surface area contributed by atoms with Crippen molar-refractivity contribution < 1.29 is 14.3 Å². The molecule has 1 aliphatic heterocycles. The largest absolute Gasteiger partial charge is 0.489 e. The molecule has 1 unspecified atom stereocenters. The lowest BCUT2D eigenvalue weighted by Gasteiger charge is -2.12. The molecule has 0 bridgehead atoms. The van der Waals surface area contributed by atoms with E-state index >= 15 is 0 Å². The third-order valence-corrected chi connectivity index (χ3v) is 3.35. The summed E-state index contributed by atoms with van der Waals surface area (Å²) in [5.74, 6) is 0.529. The number of nitrogens with one attached hydrogen (secondary N) is 1. The molecule has 108 valence electrons. The number of ether oxygens (including phenoxy) is 2. The van der Waals surface area contributed by atoms with Crippen molar-refractivity contribution in [2.75, 3.05) is 18.5 Å². The summed E-state index contributed by atoms with van der Waals surface area (Å²) in [6.45, 7) is 3.18. The van der Waals surface area contributed by atoms with Crippen LogP contribution in [0.15, 0.2) is 48.5 Å². The Labute approximate surface area is 123 Å². The van der Waals surface area contributed by atoms with Gasteiger partial charge in [-0.15, -0.1) is 0 Å². The maximum atomic E-state index is 12.3. The first-order valence-corrected chi connectivity index (χ1v) is 6.94. The monoisotopic (exact) mass is 283 g/mol. The third kappa shape index (κ3) is 3.41. The number of rotatable bonds is 5. The van der Waals surface area contributed by atoms with E-state index in [0.717, 1.165) is 12.2 Å². The lowest BCUT2D eigenvalue weighted by molar-refractivity contribution is 0.102. The second kappa shape index (κ2) is 5.97. The Morgan fingerprint density at radius 1 is 1.24 bits per heavy atom. The van der Waals surface area contributed by atoms with Crippen LogP contribution in [0.2, 0.25) is 0 Å². The van der Waals surface area contributed by atoms with Gasteiger partial charge >= 0.3 is 0 Å². The van der Waals surface area contributed by atoms with Gasteiger partial charge in [0, 0.05) is 5.56 Å². The minimum atomic E-state index is -0.133. The van der Waals surface area contributed by atoms with Gasteiger partial charge in [-0.3, -0.25) is 4.79 Å². The highest BCUT2D eigenvalue weighted by Gasteiger charge is 2.23. The number of epoxide rings is 1. The summed E-state index contributed by atoms with van der Waals surface area (Å²) in [6.07, 6.45) is 0.185. The fourth-order valence-corrected chi connectivity index (χ4v) is 2.06. The van der Waals surface area contributed by atoms with E-state index in [1.807, 2.05) is 55.5 Å². The number of carbonyl (C=O) groups excluding carboxylic acids is 1. The molecule has 1 amide bonds. The Morgan fingerprint density at radius 3 is 2.71 bits per heavy atom. The second-order valence-corrected chi connectivity index (χ2v) is 5.03. The number of carbonyl (C=O) groups is 1. The molecular weight excluding hydrogens is 266 g/mol. The zero-order valence-electron chi connectivity index (χ0n) is 11.8. The average Bonchev–Trinajstić information content (AvgIpc) is 3.31. The van der Waals surface area contributed by atoms with Gasteiger partial charge in [0.15, 0.2) is 0 Å². The topological polar surface area (TPSA) is 50.9 Å². The predicted molar refractivity (Wildman–Crippen MR) is 80.8 cm³/mol. The first kappa shape index (κ1) is 13.6. The summed E-state index contributed by atoms with van der Waals surface area (Å²) in [5, 5.41) is 2.91. The van der Waals surface area contributed by atoms with Crippen molar-refractivity contribution in [1.29, 1.82) is 0 Å². The highest BCUT2D eigenvalue weighted by Crippen LogP contribution is 2.26. The van der Waals surface area contributed by atoms with Crippen LogP contribution in [0.25, 0.3) is 0 Å². The quantitative estimate of drug-likeness (QED) is 0.858. The minimum absolute atomic E-state index is 0.133. The van der Waals surface area contributed by atoms with E-state index in [1.54, 1.807) is 0 Å². The molecule has 0 aliphatic carbocycles. The zero-order chi connectivity index (χ0) is 14.7. The Hall–Kier alpha value is -2.33. The number of para-hydroxylation sites is 2. The van der Waals surface area contributed by atoms with E-state index in [-0.39, 0.29) is 12.0 Å². The van der Waals surface area contributed by atoms with Gasteiger partial charge in [-0.2, -0.15) is 0 Å². The molecule has 0 aromatic heterocycles. The average molecular weight is 283 g/mol. The molecule has 4 heteroatoms. The molecule has 1 aliphatic rings. The van der Waals surface area contributed by atoms with Crippen molar-refractivity contribution in [3.8, 4) is 5.75 Å². The van der Waals surface area contributed by atoms with E-state index in [0.29, 0.717) is 23.6 Å². The summed E-state index contributed by atoms with van der Waals surface area (Å²) in [5.41, 5.74) is 2.28. The van der Waals surface area contributed by atoms with Crippen molar-refractivity contribution >= 4 is 11.6 Å². The van der Waals surface area contributed by atoms with Crippen molar-refractivity contribution in [2.24, 2.45) is 0 Å². The molecule has 0 spiro atoms. The lowest BCUT2D eigenvalue weighted by atomic mass is 10.1. The summed E-state index contributed by atoms with van der Waals surface area (Å²) < 4.78 is 10.8. The van der Waals surface area contributed by atoms with E-state index in [1.165, 1.54) is 0 Å². The number of hydrogen-bond donors (Lipinski definition) is 1. The number of amides is 1. The van der Waals surface area contributed by atoms with Crippen LogP contribution in [0, 0.1) is 6.92 Å². The van der Waals surface area contributed by atoms with Crippen LogP contribution in [0.4, 0.5) is 5.69 Å². The molecule has 2 aromatic rings. The molecule has 4 nitrogen and oxygen atoms in total. The van der Waals surface area contributed by atoms with Crippen molar-refractivity contribution in [2.45, 2.75) is 13.0 Å². The zero-order valence-corrected chi connectivity index (χ0v) is 11.8. The van der Waals surface area contributed by atoms with Gasteiger partial charge in [0.2, 0.25) is 0 Å². The van der Waals surface area contributed by atoms with Crippen LogP contribution in [0.1, 0.15) is 15.9 Å². The normalized spacial score (nSPS) is 16.3. The highest BCUT2D eigenvalue weighted by atomic mass is 16.6.